The van der Waals surface area contributed by atoms with Gasteiger partial charge in [-0.05, 0) is 56.9 Å². The second kappa shape index (κ2) is 8.35. The topological polar surface area (TPSA) is 73.4 Å². The normalized spacial score (nSPS) is 27.8. The summed E-state index contributed by atoms with van der Waals surface area (Å²) in [5.41, 5.74) is 4.36. The van der Waals surface area contributed by atoms with Gasteiger partial charge < -0.3 is 20.4 Å². The van der Waals surface area contributed by atoms with Crippen molar-refractivity contribution in [1.82, 2.24) is 15.3 Å². The van der Waals surface area contributed by atoms with Gasteiger partial charge in [0, 0.05) is 73.4 Å². The van der Waals surface area contributed by atoms with E-state index in [1.165, 1.54) is 24.1 Å². The number of benzene rings is 1. The SMILES string of the molecule is CC(=O)N1c2ccc(N3CCN[C@@H](C)C3)cc2C(Nc2nccc(C)n2)[C@@H](C)C1C1CC1. The van der Waals surface area contributed by atoms with E-state index < -0.39 is 0 Å². The highest BCUT2D eigenvalue weighted by atomic mass is 16.2. The number of hydrogen-bond donors (Lipinski definition) is 2. The van der Waals surface area contributed by atoms with E-state index in [0.717, 1.165) is 31.0 Å². The minimum Gasteiger partial charge on any atom is -0.369 e. The fourth-order valence-corrected chi connectivity index (χ4v) is 5.57. The number of nitrogens with one attached hydrogen (secondary N) is 2. The predicted octanol–water partition coefficient (Wildman–Crippen LogP) is 3.52. The zero-order valence-electron chi connectivity index (χ0n) is 19.5. The standard InChI is InChI=1S/C25H34N6O/c1-15-9-10-27-25(28-15)29-23-17(3)24(19-5-6-19)31(18(4)32)22-8-7-20(13-21(22)23)30-12-11-26-16(2)14-30/h7-10,13,16-17,19,23-24,26H,5-6,11-12,14H2,1-4H3,(H,27,28,29)/t16-,17+,23?,24?/m0/s1. The van der Waals surface area contributed by atoms with Gasteiger partial charge in [-0.15, -0.1) is 0 Å². The molecular formula is C25H34N6O. The van der Waals surface area contributed by atoms with Crippen LogP contribution in [0.4, 0.5) is 17.3 Å². The van der Waals surface area contributed by atoms with E-state index >= 15 is 0 Å². The average Bonchev–Trinajstić information content (AvgIpc) is 3.60. The van der Waals surface area contributed by atoms with Gasteiger partial charge in [0.2, 0.25) is 11.9 Å². The molecule has 1 aromatic heterocycles. The van der Waals surface area contributed by atoms with E-state index in [1.54, 1.807) is 13.1 Å². The zero-order valence-corrected chi connectivity index (χ0v) is 19.5. The third-order valence-electron chi connectivity index (χ3n) is 7.23. The van der Waals surface area contributed by atoms with Crippen LogP contribution in [0.3, 0.4) is 0 Å². The molecule has 2 aliphatic heterocycles. The molecular weight excluding hydrogens is 400 g/mol. The molecule has 32 heavy (non-hydrogen) atoms. The van der Waals surface area contributed by atoms with Crippen molar-refractivity contribution in [2.45, 2.75) is 58.7 Å². The van der Waals surface area contributed by atoms with Crippen LogP contribution in [0.2, 0.25) is 0 Å². The number of rotatable bonds is 4. The summed E-state index contributed by atoms with van der Waals surface area (Å²) in [4.78, 5) is 26.5. The maximum Gasteiger partial charge on any atom is 0.224 e. The summed E-state index contributed by atoms with van der Waals surface area (Å²) >= 11 is 0. The van der Waals surface area contributed by atoms with Gasteiger partial charge in [-0.1, -0.05) is 6.92 Å². The summed E-state index contributed by atoms with van der Waals surface area (Å²) in [5.74, 6) is 1.60. The number of piperazine rings is 1. The van der Waals surface area contributed by atoms with Crippen molar-refractivity contribution in [3.8, 4) is 0 Å². The van der Waals surface area contributed by atoms with Crippen LogP contribution in [0.15, 0.2) is 30.5 Å². The molecule has 2 aromatic rings. The van der Waals surface area contributed by atoms with Crippen LogP contribution in [-0.4, -0.2) is 47.6 Å². The van der Waals surface area contributed by atoms with Crippen molar-refractivity contribution < 1.29 is 4.79 Å². The van der Waals surface area contributed by atoms with Gasteiger partial charge in [-0.3, -0.25) is 4.79 Å². The Kier molecular flexibility index (Phi) is 5.53. The number of hydrogen-bond acceptors (Lipinski definition) is 6. The molecule has 2 unspecified atom stereocenters. The number of aryl methyl sites for hydroxylation is 1. The lowest BCUT2D eigenvalue weighted by Crippen LogP contribution is -2.51. The second-order valence-electron chi connectivity index (χ2n) is 9.76. The molecule has 1 aliphatic carbocycles. The lowest BCUT2D eigenvalue weighted by atomic mass is 9.79. The molecule has 1 amide bonds. The Bertz CT molecular complexity index is 1010. The summed E-state index contributed by atoms with van der Waals surface area (Å²) in [5, 5.41) is 7.17. The number of fused-ring (bicyclic) bond motifs is 1. The lowest BCUT2D eigenvalue weighted by Gasteiger charge is -2.46. The first kappa shape index (κ1) is 21.2. The van der Waals surface area contributed by atoms with Crippen LogP contribution in [0, 0.1) is 18.8 Å². The van der Waals surface area contributed by atoms with Gasteiger partial charge in [-0.2, -0.15) is 0 Å². The van der Waals surface area contributed by atoms with E-state index in [9.17, 15) is 4.79 Å². The Morgan fingerprint density at radius 3 is 2.72 bits per heavy atom. The van der Waals surface area contributed by atoms with Gasteiger partial charge in [0.05, 0.1) is 6.04 Å². The molecule has 3 aliphatic rings. The van der Waals surface area contributed by atoms with Crippen molar-refractivity contribution in [3.05, 3.63) is 41.7 Å². The summed E-state index contributed by atoms with van der Waals surface area (Å²) in [6, 6.07) is 9.26. The number of anilines is 3. The van der Waals surface area contributed by atoms with Gasteiger partial charge in [0.1, 0.15) is 0 Å². The number of nitrogens with zero attached hydrogens (tertiary/aromatic N) is 4. The molecule has 7 heteroatoms. The zero-order chi connectivity index (χ0) is 22.4. The summed E-state index contributed by atoms with van der Waals surface area (Å²) in [7, 11) is 0. The van der Waals surface area contributed by atoms with Crippen molar-refractivity contribution in [1.29, 1.82) is 0 Å². The summed E-state index contributed by atoms with van der Waals surface area (Å²) in [6.45, 7) is 11.1. The third-order valence-corrected chi connectivity index (χ3v) is 7.23. The minimum atomic E-state index is 0.0493. The number of carbonyl (C=O) groups excluding carboxylic acids is 1. The molecule has 0 bridgehead atoms. The van der Waals surface area contributed by atoms with Crippen molar-refractivity contribution in [2.24, 2.45) is 11.8 Å². The Morgan fingerprint density at radius 2 is 2.03 bits per heavy atom. The van der Waals surface area contributed by atoms with Crippen molar-refractivity contribution in [3.63, 3.8) is 0 Å². The second-order valence-corrected chi connectivity index (χ2v) is 9.76. The summed E-state index contributed by atoms with van der Waals surface area (Å²) in [6.07, 6.45) is 4.19. The summed E-state index contributed by atoms with van der Waals surface area (Å²) < 4.78 is 0. The molecule has 1 saturated carbocycles. The molecule has 1 saturated heterocycles. The molecule has 2 N–H and O–H groups in total. The quantitative estimate of drug-likeness (QED) is 0.767. The Hall–Kier alpha value is -2.67. The molecule has 3 heterocycles. The highest BCUT2D eigenvalue weighted by molar-refractivity contribution is 5.94. The lowest BCUT2D eigenvalue weighted by molar-refractivity contribution is -0.117. The van der Waals surface area contributed by atoms with Crippen LogP contribution in [0.25, 0.3) is 0 Å². The Balaban J connectivity index is 1.58. The Morgan fingerprint density at radius 1 is 1.22 bits per heavy atom. The van der Waals surface area contributed by atoms with Gasteiger partial charge >= 0.3 is 0 Å². The van der Waals surface area contributed by atoms with E-state index in [0.29, 0.717) is 17.9 Å². The highest BCUT2D eigenvalue weighted by Crippen LogP contribution is 2.50. The molecule has 5 rings (SSSR count). The van der Waals surface area contributed by atoms with E-state index in [-0.39, 0.29) is 23.9 Å². The fraction of sp³-hybridized carbons (Fsp3) is 0.560. The average molecular weight is 435 g/mol. The Labute approximate surface area is 190 Å². The molecule has 0 spiro atoms. The van der Waals surface area contributed by atoms with Crippen molar-refractivity contribution >= 4 is 23.2 Å². The number of aromatic nitrogens is 2. The first-order valence-corrected chi connectivity index (χ1v) is 11.9. The van der Waals surface area contributed by atoms with E-state index in [1.807, 2.05) is 13.0 Å². The monoisotopic (exact) mass is 434 g/mol. The van der Waals surface area contributed by atoms with Crippen LogP contribution >= 0.6 is 0 Å². The van der Waals surface area contributed by atoms with Crippen LogP contribution in [0.1, 0.15) is 50.9 Å². The fourth-order valence-electron chi connectivity index (χ4n) is 5.57. The third kappa shape index (κ3) is 3.94. The minimum absolute atomic E-state index is 0.0493. The first-order chi connectivity index (χ1) is 15.4. The number of amides is 1. The van der Waals surface area contributed by atoms with Gasteiger partial charge in [0.25, 0.3) is 0 Å². The van der Waals surface area contributed by atoms with Crippen molar-refractivity contribution in [2.75, 3.05) is 34.8 Å². The maximum absolute atomic E-state index is 12.9. The molecule has 1 aromatic carbocycles. The van der Waals surface area contributed by atoms with Gasteiger partial charge in [0.15, 0.2) is 0 Å². The van der Waals surface area contributed by atoms with Crippen LogP contribution in [-0.2, 0) is 4.79 Å². The highest BCUT2D eigenvalue weighted by Gasteiger charge is 2.47. The molecule has 7 nitrogen and oxygen atoms in total. The van der Waals surface area contributed by atoms with Crippen LogP contribution < -0.4 is 20.4 Å². The predicted molar refractivity (Wildman–Crippen MR) is 128 cm³/mol. The molecule has 4 atom stereocenters. The molecule has 2 fully saturated rings. The van der Waals surface area contributed by atoms with Crippen LogP contribution in [0.5, 0.6) is 0 Å². The van der Waals surface area contributed by atoms with Gasteiger partial charge in [-0.25, -0.2) is 9.97 Å². The van der Waals surface area contributed by atoms with E-state index in [2.05, 4.69) is 62.4 Å². The molecule has 0 radical (unpaired) electrons. The van der Waals surface area contributed by atoms with E-state index in [4.69, 9.17) is 0 Å². The first-order valence-electron chi connectivity index (χ1n) is 11.9. The smallest absolute Gasteiger partial charge is 0.224 e. The maximum atomic E-state index is 12.9. The number of carbonyl (C=O) groups is 1. The largest absolute Gasteiger partial charge is 0.369 e. The molecule has 170 valence electrons.